The van der Waals surface area contributed by atoms with Crippen LogP contribution in [0.2, 0.25) is 0 Å². The van der Waals surface area contributed by atoms with Crippen LogP contribution in [-0.4, -0.2) is 29.7 Å². The van der Waals surface area contributed by atoms with Gasteiger partial charge in [-0.3, -0.25) is 4.79 Å². The number of carbonyl (C=O) groups excluding carboxylic acids is 1. The molecule has 0 atom stereocenters. The van der Waals surface area contributed by atoms with Crippen molar-refractivity contribution >= 4 is 21.8 Å². The second-order valence-electron chi connectivity index (χ2n) is 4.37. The lowest BCUT2D eigenvalue weighted by Gasteiger charge is -2.17. The number of nitrogens with zero attached hydrogens (tertiary/aromatic N) is 1. The molecule has 1 rings (SSSR count). The lowest BCUT2D eigenvalue weighted by Crippen LogP contribution is -2.29. The molecule has 0 bridgehead atoms. The minimum atomic E-state index is -0.291. The normalized spacial score (nSPS) is 10.4. The molecule has 0 aliphatic rings. The summed E-state index contributed by atoms with van der Waals surface area (Å²) in [5.74, 6) is -0.250. The number of hydrogen-bond acceptors (Lipinski definition) is 1. The van der Waals surface area contributed by atoms with E-state index in [1.54, 1.807) is 24.1 Å². The fraction of sp³-hybridized carbons (Fsp3) is 0.500. The van der Waals surface area contributed by atoms with Crippen molar-refractivity contribution < 1.29 is 9.18 Å². The van der Waals surface area contributed by atoms with Crippen molar-refractivity contribution in [3.05, 3.63) is 35.6 Å². The van der Waals surface area contributed by atoms with Crippen LogP contribution in [0.1, 0.15) is 24.8 Å². The highest BCUT2D eigenvalue weighted by molar-refractivity contribution is 9.09. The lowest BCUT2D eigenvalue weighted by atomic mass is 10.1. The molecule has 0 saturated carbocycles. The smallest absolute Gasteiger partial charge is 0.226 e. The first kappa shape index (κ1) is 15.2. The Balaban J connectivity index is 2.35. The van der Waals surface area contributed by atoms with E-state index in [2.05, 4.69) is 15.9 Å². The van der Waals surface area contributed by atoms with Crippen molar-refractivity contribution in [2.45, 2.75) is 25.7 Å². The van der Waals surface area contributed by atoms with E-state index in [0.29, 0.717) is 0 Å². The number of amides is 1. The van der Waals surface area contributed by atoms with Gasteiger partial charge < -0.3 is 4.90 Å². The molecule has 18 heavy (non-hydrogen) atoms. The maximum absolute atomic E-state index is 13.0. The molecule has 0 saturated heterocycles. The molecule has 0 radical (unpaired) electrons. The van der Waals surface area contributed by atoms with Gasteiger partial charge in [-0.25, -0.2) is 4.39 Å². The topological polar surface area (TPSA) is 20.3 Å². The Bertz CT molecular complexity index is 384. The molecule has 0 heterocycles. The molecule has 0 fully saturated rings. The number of unbranched alkanes of at least 4 members (excludes halogenated alkanes) is 2. The summed E-state index contributed by atoms with van der Waals surface area (Å²) in [4.78, 5) is 13.6. The van der Waals surface area contributed by atoms with E-state index in [-0.39, 0.29) is 18.1 Å². The van der Waals surface area contributed by atoms with E-state index in [0.717, 1.165) is 36.7 Å². The third-order valence-electron chi connectivity index (χ3n) is 2.80. The third kappa shape index (κ3) is 5.63. The van der Waals surface area contributed by atoms with Crippen molar-refractivity contribution in [3.8, 4) is 0 Å². The van der Waals surface area contributed by atoms with E-state index < -0.39 is 0 Å². The third-order valence-corrected chi connectivity index (χ3v) is 3.36. The number of alkyl halides is 1. The van der Waals surface area contributed by atoms with Gasteiger partial charge in [0.25, 0.3) is 0 Å². The predicted octanol–water partition coefficient (Wildman–Crippen LogP) is 3.39. The van der Waals surface area contributed by atoms with Crippen LogP contribution in [0.15, 0.2) is 24.3 Å². The summed E-state index contributed by atoms with van der Waals surface area (Å²) in [5, 5.41) is 1.01. The van der Waals surface area contributed by atoms with E-state index in [9.17, 15) is 9.18 Å². The minimum Gasteiger partial charge on any atom is -0.345 e. The molecule has 1 aromatic rings. The second-order valence-corrected chi connectivity index (χ2v) is 5.16. The summed E-state index contributed by atoms with van der Waals surface area (Å²) in [7, 11) is 1.80. The highest BCUT2D eigenvalue weighted by Crippen LogP contribution is 2.07. The van der Waals surface area contributed by atoms with Gasteiger partial charge in [0.1, 0.15) is 5.82 Å². The number of hydrogen-bond donors (Lipinski definition) is 0. The van der Waals surface area contributed by atoms with Crippen LogP contribution in [0.25, 0.3) is 0 Å². The van der Waals surface area contributed by atoms with Gasteiger partial charge in [-0.05, 0) is 30.5 Å². The van der Waals surface area contributed by atoms with Crippen LogP contribution in [0, 0.1) is 5.82 Å². The molecule has 0 N–H and O–H groups in total. The van der Waals surface area contributed by atoms with Crippen LogP contribution >= 0.6 is 15.9 Å². The molecule has 0 aliphatic carbocycles. The first-order valence-electron chi connectivity index (χ1n) is 6.18. The van der Waals surface area contributed by atoms with Gasteiger partial charge in [-0.1, -0.05) is 34.5 Å². The highest BCUT2D eigenvalue weighted by Gasteiger charge is 2.09. The van der Waals surface area contributed by atoms with Gasteiger partial charge in [-0.2, -0.15) is 0 Å². The monoisotopic (exact) mass is 315 g/mol. The van der Waals surface area contributed by atoms with Gasteiger partial charge in [-0.15, -0.1) is 0 Å². The van der Waals surface area contributed by atoms with Gasteiger partial charge in [0.05, 0.1) is 6.42 Å². The molecule has 0 unspecified atom stereocenters. The van der Waals surface area contributed by atoms with Crippen LogP contribution in [0.3, 0.4) is 0 Å². The summed E-state index contributed by atoms with van der Waals surface area (Å²) < 4.78 is 13.0. The largest absolute Gasteiger partial charge is 0.345 e. The summed E-state index contributed by atoms with van der Waals surface area (Å²) in [5.41, 5.74) is 0.729. The summed E-state index contributed by atoms with van der Waals surface area (Å²) in [6.07, 6.45) is 3.53. The summed E-state index contributed by atoms with van der Waals surface area (Å²) in [6, 6.07) is 6.21. The maximum Gasteiger partial charge on any atom is 0.226 e. The van der Waals surface area contributed by atoms with Crippen LogP contribution < -0.4 is 0 Å². The Hall–Kier alpha value is -0.900. The molecule has 0 aromatic heterocycles. The van der Waals surface area contributed by atoms with Gasteiger partial charge >= 0.3 is 0 Å². The Labute approximate surface area is 116 Å². The zero-order chi connectivity index (χ0) is 13.4. The zero-order valence-corrected chi connectivity index (χ0v) is 12.2. The van der Waals surface area contributed by atoms with Crippen molar-refractivity contribution in [1.29, 1.82) is 0 Å². The number of halogens is 2. The maximum atomic E-state index is 13.0. The first-order chi connectivity index (χ1) is 8.63. The molecular formula is C14H19BrFNO. The molecule has 0 spiro atoms. The number of carbonyl (C=O) groups is 1. The Kier molecular flexibility index (Phi) is 6.94. The molecule has 0 aliphatic heterocycles. The van der Waals surface area contributed by atoms with Crippen molar-refractivity contribution in [2.24, 2.45) is 0 Å². The first-order valence-corrected chi connectivity index (χ1v) is 7.30. The van der Waals surface area contributed by atoms with Crippen molar-refractivity contribution in [2.75, 3.05) is 18.9 Å². The van der Waals surface area contributed by atoms with Crippen LogP contribution in [0.4, 0.5) is 4.39 Å². The predicted molar refractivity (Wildman–Crippen MR) is 75.4 cm³/mol. The Morgan fingerprint density at radius 3 is 2.78 bits per heavy atom. The van der Waals surface area contributed by atoms with Gasteiger partial charge in [0, 0.05) is 18.9 Å². The minimum absolute atomic E-state index is 0.0412. The van der Waals surface area contributed by atoms with E-state index in [1.807, 2.05) is 0 Å². The summed E-state index contributed by atoms with van der Waals surface area (Å²) >= 11 is 3.38. The standard InChI is InChI=1S/C14H19BrFNO/c1-17(9-4-2-3-8-15)14(18)11-12-6-5-7-13(16)10-12/h5-7,10H,2-4,8-9,11H2,1H3. The SMILES string of the molecule is CN(CCCCCBr)C(=O)Cc1cccc(F)c1. The highest BCUT2D eigenvalue weighted by atomic mass is 79.9. The molecule has 100 valence electrons. The average Bonchev–Trinajstić information content (AvgIpc) is 2.34. The fourth-order valence-electron chi connectivity index (χ4n) is 1.70. The molecule has 2 nitrogen and oxygen atoms in total. The molecule has 1 aromatic carbocycles. The van der Waals surface area contributed by atoms with Gasteiger partial charge in [0.15, 0.2) is 0 Å². The van der Waals surface area contributed by atoms with Crippen molar-refractivity contribution in [1.82, 2.24) is 4.90 Å². The fourth-order valence-corrected chi connectivity index (χ4v) is 2.10. The Morgan fingerprint density at radius 2 is 2.11 bits per heavy atom. The van der Waals surface area contributed by atoms with E-state index >= 15 is 0 Å². The quantitative estimate of drug-likeness (QED) is 0.558. The Morgan fingerprint density at radius 1 is 1.33 bits per heavy atom. The molecule has 1 amide bonds. The average molecular weight is 316 g/mol. The zero-order valence-electron chi connectivity index (χ0n) is 10.7. The van der Waals surface area contributed by atoms with E-state index in [4.69, 9.17) is 0 Å². The van der Waals surface area contributed by atoms with Crippen LogP contribution in [-0.2, 0) is 11.2 Å². The van der Waals surface area contributed by atoms with E-state index in [1.165, 1.54) is 12.1 Å². The number of likely N-dealkylation sites (N-methyl/N-ethyl adjacent to an activating group) is 1. The molecular weight excluding hydrogens is 297 g/mol. The summed E-state index contributed by atoms with van der Waals surface area (Å²) in [6.45, 7) is 0.765. The van der Waals surface area contributed by atoms with Gasteiger partial charge in [0.2, 0.25) is 5.91 Å². The van der Waals surface area contributed by atoms with Crippen molar-refractivity contribution in [3.63, 3.8) is 0 Å². The number of benzene rings is 1. The van der Waals surface area contributed by atoms with Crippen LogP contribution in [0.5, 0.6) is 0 Å². The molecule has 4 heteroatoms. The number of rotatable bonds is 7. The lowest BCUT2D eigenvalue weighted by molar-refractivity contribution is -0.129. The second kappa shape index (κ2) is 8.25.